The molecule has 0 unspecified atom stereocenters. The van der Waals surface area contributed by atoms with Gasteiger partial charge in [-0.25, -0.2) is 9.97 Å². The molecule has 2 heterocycles. The predicted octanol–water partition coefficient (Wildman–Crippen LogP) is 5.21. The lowest BCUT2D eigenvalue weighted by atomic mass is 10.0. The van der Waals surface area contributed by atoms with E-state index < -0.39 is 0 Å². The fraction of sp³-hybridized carbons (Fsp3) is 0.310. The van der Waals surface area contributed by atoms with Crippen molar-refractivity contribution in [1.82, 2.24) is 20.2 Å². The van der Waals surface area contributed by atoms with Crippen molar-refractivity contribution in [2.75, 3.05) is 45.3 Å². The molecule has 5 rings (SSSR count). The number of rotatable bonds is 11. The fourth-order valence-electron chi connectivity index (χ4n) is 4.54. The zero-order valence-electron chi connectivity index (χ0n) is 20.7. The van der Waals surface area contributed by atoms with E-state index in [0.29, 0.717) is 19.3 Å². The number of nitrogens with one attached hydrogen (secondary N) is 2. The van der Waals surface area contributed by atoms with Gasteiger partial charge in [0.05, 0.1) is 26.0 Å². The van der Waals surface area contributed by atoms with Gasteiger partial charge in [-0.1, -0.05) is 42.5 Å². The van der Waals surface area contributed by atoms with Gasteiger partial charge in [0.25, 0.3) is 0 Å². The largest absolute Gasteiger partial charge is 0.497 e. The predicted molar refractivity (Wildman–Crippen MR) is 145 cm³/mol. The Labute approximate surface area is 212 Å². The van der Waals surface area contributed by atoms with Crippen molar-refractivity contribution in [2.45, 2.75) is 19.4 Å². The van der Waals surface area contributed by atoms with E-state index in [0.717, 1.165) is 52.1 Å². The molecule has 7 nitrogen and oxygen atoms in total. The van der Waals surface area contributed by atoms with Gasteiger partial charge in [0.15, 0.2) is 0 Å². The quantitative estimate of drug-likeness (QED) is 0.224. The molecule has 0 aliphatic carbocycles. The van der Waals surface area contributed by atoms with E-state index >= 15 is 0 Å². The Balaban J connectivity index is 1.21. The summed E-state index contributed by atoms with van der Waals surface area (Å²) >= 11 is 0. The van der Waals surface area contributed by atoms with E-state index in [4.69, 9.17) is 14.5 Å². The Bertz CT molecular complexity index is 1270. The van der Waals surface area contributed by atoms with Gasteiger partial charge in [-0.2, -0.15) is 0 Å². The maximum Gasteiger partial charge on any atom is 0.227 e. The van der Waals surface area contributed by atoms with Crippen LogP contribution >= 0.6 is 0 Å². The number of aromatic nitrogens is 2. The van der Waals surface area contributed by atoms with Gasteiger partial charge in [0.2, 0.25) is 5.95 Å². The number of hydrogen-bond acceptors (Lipinski definition) is 7. The van der Waals surface area contributed by atoms with Crippen molar-refractivity contribution in [3.63, 3.8) is 0 Å². The van der Waals surface area contributed by atoms with E-state index in [-0.39, 0.29) is 0 Å². The second-order valence-electron chi connectivity index (χ2n) is 9.03. The van der Waals surface area contributed by atoms with E-state index in [9.17, 15) is 0 Å². The molecule has 0 spiro atoms. The van der Waals surface area contributed by atoms with Crippen molar-refractivity contribution in [1.29, 1.82) is 0 Å². The molecule has 4 aromatic rings. The van der Waals surface area contributed by atoms with Gasteiger partial charge in [0, 0.05) is 35.9 Å². The van der Waals surface area contributed by atoms with Gasteiger partial charge in [-0.15, -0.1) is 0 Å². The molecule has 7 heteroatoms. The average Bonchev–Trinajstić information content (AvgIpc) is 3.44. The van der Waals surface area contributed by atoms with Crippen LogP contribution in [0.3, 0.4) is 0 Å². The maximum atomic E-state index is 5.83. The molecule has 0 amide bonds. The van der Waals surface area contributed by atoms with E-state index in [2.05, 4.69) is 38.7 Å². The first kappa shape index (κ1) is 24.2. The van der Waals surface area contributed by atoms with Crippen LogP contribution in [-0.2, 0) is 11.3 Å². The first-order valence-corrected chi connectivity index (χ1v) is 12.6. The number of nitrogens with zero attached hydrogens (tertiary/aromatic N) is 3. The number of methoxy groups -OCH3 is 1. The normalized spacial score (nSPS) is 13.8. The molecule has 2 N–H and O–H groups in total. The van der Waals surface area contributed by atoms with Crippen molar-refractivity contribution in [3.05, 3.63) is 78.5 Å². The lowest BCUT2D eigenvalue weighted by Crippen LogP contribution is -2.31. The number of anilines is 2. The van der Waals surface area contributed by atoms with Gasteiger partial charge in [-0.3, -0.25) is 5.32 Å². The highest BCUT2D eigenvalue weighted by atomic mass is 16.5. The Morgan fingerprint density at radius 3 is 2.64 bits per heavy atom. The highest BCUT2D eigenvalue weighted by Crippen LogP contribution is 2.29. The monoisotopic (exact) mass is 483 g/mol. The number of ether oxygens (including phenoxy) is 2. The van der Waals surface area contributed by atoms with Crippen LogP contribution < -0.4 is 15.4 Å². The molecule has 36 heavy (non-hydrogen) atoms. The Kier molecular flexibility index (Phi) is 8.03. The van der Waals surface area contributed by atoms with Crippen molar-refractivity contribution in [3.8, 4) is 16.9 Å². The van der Waals surface area contributed by atoms with E-state index in [1.807, 2.05) is 54.7 Å². The molecular formula is C29H33N5O2. The molecule has 0 bridgehead atoms. The molecule has 1 aliphatic heterocycles. The summed E-state index contributed by atoms with van der Waals surface area (Å²) < 4.78 is 11.1. The molecule has 0 radical (unpaired) electrons. The molecule has 0 atom stereocenters. The van der Waals surface area contributed by atoms with Crippen molar-refractivity contribution < 1.29 is 9.47 Å². The van der Waals surface area contributed by atoms with Crippen LogP contribution in [0, 0.1) is 0 Å². The molecule has 0 saturated carbocycles. The average molecular weight is 484 g/mol. The second kappa shape index (κ2) is 11.9. The number of para-hydroxylation sites is 1. The maximum absolute atomic E-state index is 5.83. The molecular weight excluding hydrogens is 450 g/mol. The molecule has 186 valence electrons. The highest BCUT2D eigenvalue weighted by molar-refractivity contribution is 5.93. The van der Waals surface area contributed by atoms with Gasteiger partial charge in [0.1, 0.15) is 5.75 Å². The number of fused-ring (bicyclic) bond motifs is 1. The summed E-state index contributed by atoms with van der Waals surface area (Å²) in [7, 11) is 1.67. The first-order valence-electron chi connectivity index (χ1n) is 12.6. The summed E-state index contributed by atoms with van der Waals surface area (Å²) in [6.07, 6.45) is 4.52. The van der Waals surface area contributed by atoms with Crippen molar-refractivity contribution in [2.24, 2.45) is 0 Å². The SMILES string of the molecule is COc1ccc(-c2cccc3cnc(Nc4cccc(COCNCCN5CCCC5)c4)nc23)cc1. The van der Waals surface area contributed by atoms with Crippen LogP contribution in [0.1, 0.15) is 18.4 Å². The third-order valence-electron chi connectivity index (χ3n) is 6.47. The number of likely N-dealkylation sites (tertiary alicyclic amines) is 1. The molecule has 1 aromatic heterocycles. The first-order chi connectivity index (χ1) is 17.8. The van der Waals surface area contributed by atoms with Gasteiger partial charge < -0.3 is 19.7 Å². The summed E-state index contributed by atoms with van der Waals surface area (Å²) in [6, 6.07) is 22.3. The minimum absolute atomic E-state index is 0.548. The van der Waals surface area contributed by atoms with Gasteiger partial charge in [-0.05, 0) is 61.3 Å². The smallest absolute Gasteiger partial charge is 0.227 e. The third-order valence-corrected chi connectivity index (χ3v) is 6.47. The topological polar surface area (TPSA) is 71.5 Å². The Hall–Kier alpha value is -3.52. The molecule has 1 aliphatic rings. The fourth-order valence-corrected chi connectivity index (χ4v) is 4.54. The van der Waals surface area contributed by atoms with Crippen LogP contribution in [0.5, 0.6) is 5.75 Å². The minimum atomic E-state index is 0.548. The van der Waals surface area contributed by atoms with Crippen LogP contribution in [0.15, 0.2) is 72.9 Å². The Morgan fingerprint density at radius 1 is 0.972 bits per heavy atom. The molecule has 3 aromatic carbocycles. The summed E-state index contributed by atoms with van der Waals surface area (Å²) in [6.45, 7) is 5.60. The summed E-state index contributed by atoms with van der Waals surface area (Å²) in [5, 5.41) is 7.72. The summed E-state index contributed by atoms with van der Waals surface area (Å²) in [5.74, 6) is 1.39. The van der Waals surface area contributed by atoms with E-state index in [1.165, 1.54) is 25.9 Å². The molecule has 1 saturated heterocycles. The minimum Gasteiger partial charge on any atom is -0.497 e. The zero-order chi connectivity index (χ0) is 24.6. The lowest BCUT2D eigenvalue weighted by Gasteiger charge is -2.14. The second-order valence-corrected chi connectivity index (χ2v) is 9.03. The standard InChI is InChI=1S/C29H33N5O2/c1-35-26-12-10-23(11-13-26)27-9-5-7-24-19-31-29(33-28(24)27)32-25-8-4-6-22(18-25)20-36-21-30-14-17-34-15-2-3-16-34/h4-13,18-19,30H,2-3,14-17,20-21H2,1H3,(H,31,32,33). The number of benzene rings is 3. The van der Waals surface area contributed by atoms with Crippen molar-refractivity contribution >= 4 is 22.5 Å². The summed E-state index contributed by atoms with van der Waals surface area (Å²) in [5.41, 5.74) is 5.07. The van der Waals surface area contributed by atoms with E-state index in [1.54, 1.807) is 7.11 Å². The number of hydrogen-bond donors (Lipinski definition) is 2. The summed E-state index contributed by atoms with van der Waals surface area (Å²) in [4.78, 5) is 11.9. The third kappa shape index (κ3) is 6.18. The van der Waals surface area contributed by atoms with Gasteiger partial charge >= 0.3 is 0 Å². The lowest BCUT2D eigenvalue weighted by molar-refractivity contribution is 0.102. The highest BCUT2D eigenvalue weighted by Gasteiger charge is 2.10. The van der Waals surface area contributed by atoms with Crippen LogP contribution in [0.25, 0.3) is 22.0 Å². The van der Waals surface area contributed by atoms with Crippen LogP contribution in [0.4, 0.5) is 11.6 Å². The Morgan fingerprint density at radius 2 is 1.81 bits per heavy atom. The zero-order valence-corrected chi connectivity index (χ0v) is 20.7. The van der Waals surface area contributed by atoms with Crippen LogP contribution in [0.2, 0.25) is 0 Å². The molecule has 1 fully saturated rings. The van der Waals surface area contributed by atoms with Crippen LogP contribution in [-0.4, -0.2) is 54.9 Å².